The van der Waals surface area contributed by atoms with E-state index >= 15 is 0 Å². The van der Waals surface area contributed by atoms with Crippen molar-refractivity contribution in [1.82, 2.24) is 25.0 Å². The average molecular weight is 476 g/mol. The van der Waals surface area contributed by atoms with Gasteiger partial charge in [-0.2, -0.15) is 5.10 Å². The maximum Gasteiger partial charge on any atom is 0.247 e. The van der Waals surface area contributed by atoms with Crippen LogP contribution in [0.2, 0.25) is 0 Å². The topological polar surface area (TPSA) is 95.4 Å². The number of nitrogens with zero attached hydrogens (tertiary/aromatic N) is 5. The summed E-state index contributed by atoms with van der Waals surface area (Å²) in [6.07, 6.45) is 5.24. The molecule has 2 amide bonds. The Balaban J connectivity index is 1.42. The quantitative estimate of drug-likeness (QED) is 0.520. The fourth-order valence-corrected chi connectivity index (χ4v) is 4.08. The van der Waals surface area contributed by atoms with Gasteiger partial charge in [0.15, 0.2) is 0 Å². The van der Waals surface area contributed by atoms with Crippen molar-refractivity contribution in [1.29, 1.82) is 0 Å². The Morgan fingerprint density at radius 2 is 1.83 bits per heavy atom. The average Bonchev–Trinajstić information content (AvgIpc) is 3.27. The van der Waals surface area contributed by atoms with Crippen LogP contribution in [0, 0.1) is 6.92 Å². The molecule has 1 aliphatic rings. The van der Waals surface area contributed by atoms with Gasteiger partial charge >= 0.3 is 0 Å². The molecule has 0 unspecified atom stereocenters. The number of amides is 2. The summed E-state index contributed by atoms with van der Waals surface area (Å²) in [7, 11) is 3.64. The number of carbonyl (C=O) groups is 2. The zero-order valence-electron chi connectivity index (χ0n) is 20.7. The molecule has 3 aromatic rings. The van der Waals surface area contributed by atoms with E-state index in [1.807, 2.05) is 31.3 Å². The van der Waals surface area contributed by atoms with Crippen LogP contribution in [-0.4, -0.2) is 64.7 Å². The number of carbonyl (C=O) groups excluding carboxylic acids is 2. The third-order valence-corrected chi connectivity index (χ3v) is 6.42. The number of aryl methyl sites for hydroxylation is 2. The highest BCUT2D eigenvalue weighted by molar-refractivity contribution is 5.94. The van der Waals surface area contributed by atoms with E-state index in [0.717, 1.165) is 17.8 Å². The number of aromatic nitrogens is 3. The van der Waals surface area contributed by atoms with Crippen LogP contribution in [0.1, 0.15) is 35.6 Å². The second-order valence-corrected chi connectivity index (χ2v) is 9.23. The van der Waals surface area contributed by atoms with E-state index in [4.69, 9.17) is 0 Å². The molecule has 4 rings (SSSR count). The Labute approximate surface area is 206 Å². The second kappa shape index (κ2) is 10.7. The van der Waals surface area contributed by atoms with Crippen molar-refractivity contribution in [2.75, 3.05) is 43.4 Å². The minimum Gasteiger partial charge on any atom is -0.359 e. The van der Waals surface area contributed by atoms with Crippen LogP contribution < -0.4 is 15.5 Å². The van der Waals surface area contributed by atoms with Gasteiger partial charge in [0.2, 0.25) is 11.8 Å². The van der Waals surface area contributed by atoms with Crippen LogP contribution >= 0.6 is 0 Å². The Bertz CT molecular complexity index is 1160. The van der Waals surface area contributed by atoms with E-state index < -0.39 is 6.04 Å². The highest BCUT2D eigenvalue weighted by Crippen LogP contribution is 2.21. The number of rotatable bonds is 8. The largest absolute Gasteiger partial charge is 0.359 e. The van der Waals surface area contributed by atoms with Gasteiger partial charge in [-0.25, -0.2) is 4.98 Å². The first kappa shape index (κ1) is 24.4. The van der Waals surface area contributed by atoms with Crippen LogP contribution in [0.25, 0.3) is 0 Å². The SMILES string of the molecule is Cc1ccc([C@H](C)CN[C@H](C(=O)Nc2ccc(N3CCN(C)C(=O)C3)cn2)c2cnn(C)c2)cc1. The van der Waals surface area contributed by atoms with Crippen LogP contribution in [-0.2, 0) is 16.6 Å². The predicted molar refractivity (Wildman–Crippen MR) is 136 cm³/mol. The van der Waals surface area contributed by atoms with Crippen LogP contribution in [0.4, 0.5) is 11.5 Å². The summed E-state index contributed by atoms with van der Waals surface area (Å²) in [5, 5.41) is 10.6. The van der Waals surface area contributed by atoms with Crippen molar-refractivity contribution in [3.05, 3.63) is 71.7 Å². The standard InChI is InChI=1S/C26H33N7O2/c1-18-5-7-20(8-6-18)19(2)13-28-25(21-14-29-32(4)16-21)26(35)30-23-10-9-22(15-27-23)33-12-11-31(3)24(34)17-33/h5-10,14-16,19,25,28H,11-13,17H2,1-4H3,(H,27,30,35)/t19-,25+/m1/s1. The molecule has 0 aliphatic carbocycles. The molecule has 0 radical (unpaired) electrons. The van der Waals surface area contributed by atoms with Crippen molar-refractivity contribution in [2.24, 2.45) is 7.05 Å². The van der Waals surface area contributed by atoms with Crippen LogP contribution in [0.3, 0.4) is 0 Å². The molecule has 0 saturated carbocycles. The highest BCUT2D eigenvalue weighted by Gasteiger charge is 2.24. The number of hydrogen-bond donors (Lipinski definition) is 2. The summed E-state index contributed by atoms with van der Waals surface area (Å²) in [4.78, 5) is 33.4. The molecule has 3 heterocycles. The van der Waals surface area contributed by atoms with Gasteiger partial charge in [-0.05, 0) is 30.5 Å². The van der Waals surface area contributed by atoms with Crippen molar-refractivity contribution in [2.45, 2.75) is 25.8 Å². The fourth-order valence-electron chi connectivity index (χ4n) is 4.08. The molecular weight excluding hydrogens is 442 g/mol. The Kier molecular flexibility index (Phi) is 7.45. The summed E-state index contributed by atoms with van der Waals surface area (Å²) >= 11 is 0. The summed E-state index contributed by atoms with van der Waals surface area (Å²) in [5.74, 6) is 0.566. The van der Waals surface area contributed by atoms with E-state index in [2.05, 4.69) is 58.8 Å². The van der Waals surface area contributed by atoms with Crippen molar-refractivity contribution in [3.63, 3.8) is 0 Å². The minimum atomic E-state index is -0.576. The molecule has 1 aromatic carbocycles. The lowest BCUT2D eigenvalue weighted by molar-refractivity contribution is -0.129. The first-order valence-corrected chi connectivity index (χ1v) is 11.8. The molecule has 0 bridgehead atoms. The van der Waals surface area contributed by atoms with Crippen LogP contribution in [0.5, 0.6) is 0 Å². The summed E-state index contributed by atoms with van der Waals surface area (Å²) < 4.78 is 1.69. The molecular formula is C26H33N7O2. The van der Waals surface area contributed by atoms with Crippen molar-refractivity contribution < 1.29 is 9.59 Å². The van der Waals surface area contributed by atoms with E-state index in [1.54, 1.807) is 28.0 Å². The van der Waals surface area contributed by atoms with Gasteiger partial charge in [0.1, 0.15) is 11.9 Å². The lowest BCUT2D eigenvalue weighted by Gasteiger charge is -2.33. The molecule has 1 aliphatic heterocycles. The zero-order chi connectivity index (χ0) is 24.9. The van der Waals surface area contributed by atoms with E-state index in [1.165, 1.54) is 11.1 Å². The number of likely N-dealkylation sites (N-methyl/N-ethyl adjacent to an activating group) is 1. The van der Waals surface area contributed by atoms with Gasteiger partial charge in [-0.15, -0.1) is 0 Å². The predicted octanol–water partition coefficient (Wildman–Crippen LogP) is 2.48. The minimum absolute atomic E-state index is 0.0823. The zero-order valence-corrected chi connectivity index (χ0v) is 20.7. The molecule has 2 N–H and O–H groups in total. The number of benzene rings is 1. The van der Waals surface area contributed by atoms with E-state index in [9.17, 15) is 9.59 Å². The first-order valence-electron chi connectivity index (χ1n) is 11.8. The number of nitrogens with one attached hydrogen (secondary N) is 2. The number of anilines is 2. The molecule has 2 atom stereocenters. The second-order valence-electron chi connectivity index (χ2n) is 9.23. The summed E-state index contributed by atoms with van der Waals surface area (Å²) in [6, 6.07) is 11.5. The normalized spacial score (nSPS) is 15.7. The van der Waals surface area contributed by atoms with E-state index in [-0.39, 0.29) is 17.7 Å². The molecule has 2 aromatic heterocycles. The number of hydrogen-bond acceptors (Lipinski definition) is 6. The first-order chi connectivity index (χ1) is 16.8. The van der Waals surface area contributed by atoms with Gasteiger partial charge in [0.25, 0.3) is 0 Å². The third-order valence-electron chi connectivity index (χ3n) is 6.42. The summed E-state index contributed by atoms with van der Waals surface area (Å²) in [5.41, 5.74) is 4.08. The van der Waals surface area contributed by atoms with Gasteiger partial charge in [-0.1, -0.05) is 36.8 Å². The van der Waals surface area contributed by atoms with Crippen molar-refractivity contribution in [3.8, 4) is 0 Å². The molecule has 35 heavy (non-hydrogen) atoms. The Morgan fingerprint density at radius 3 is 2.46 bits per heavy atom. The Morgan fingerprint density at radius 1 is 1.06 bits per heavy atom. The van der Waals surface area contributed by atoms with Gasteiger partial charge in [-0.3, -0.25) is 14.3 Å². The smallest absolute Gasteiger partial charge is 0.247 e. The lowest BCUT2D eigenvalue weighted by atomic mass is 9.99. The third kappa shape index (κ3) is 6.05. The maximum atomic E-state index is 13.3. The molecule has 1 saturated heterocycles. The highest BCUT2D eigenvalue weighted by atomic mass is 16.2. The Hall–Kier alpha value is -3.72. The van der Waals surface area contributed by atoms with Gasteiger partial charge in [0, 0.05) is 45.5 Å². The summed E-state index contributed by atoms with van der Waals surface area (Å²) in [6.45, 7) is 6.59. The fraction of sp³-hybridized carbons (Fsp3) is 0.385. The molecule has 9 nitrogen and oxygen atoms in total. The molecule has 9 heteroatoms. The van der Waals surface area contributed by atoms with Gasteiger partial charge in [0.05, 0.1) is 24.6 Å². The molecule has 0 spiro atoms. The van der Waals surface area contributed by atoms with Gasteiger partial charge < -0.3 is 20.4 Å². The molecule has 184 valence electrons. The van der Waals surface area contributed by atoms with E-state index in [0.29, 0.717) is 25.5 Å². The van der Waals surface area contributed by atoms with Crippen LogP contribution in [0.15, 0.2) is 55.0 Å². The molecule has 1 fully saturated rings. The number of pyridine rings is 1. The lowest BCUT2D eigenvalue weighted by Crippen LogP contribution is -2.48. The van der Waals surface area contributed by atoms with Crippen molar-refractivity contribution >= 4 is 23.3 Å². The maximum absolute atomic E-state index is 13.3. The number of piperazine rings is 1. The monoisotopic (exact) mass is 475 g/mol.